The Morgan fingerprint density at radius 2 is 1.67 bits per heavy atom. The van der Waals surface area contributed by atoms with E-state index < -0.39 is 5.91 Å². The van der Waals surface area contributed by atoms with Crippen LogP contribution in [0.15, 0.2) is 72.8 Å². The van der Waals surface area contributed by atoms with Gasteiger partial charge < -0.3 is 20.4 Å². The minimum atomic E-state index is -0.442. The number of benzene rings is 3. The summed E-state index contributed by atoms with van der Waals surface area (Å²) in [6, 6.07) is 20.5. The van der Waals surface area contributed by atoms with Crippen LogP contribution in [0.3, 0.4) is 0 Å². The predicted molar refractivity (Wildman–Crippen MR) is 126 cm³/mol. The number of ether oxygens (including phenoxy) is 1. The number of hydrogen-bond donors (Lipinski definition) is 2. The SMILES string of the molecule is COc1ccc(Cn2c(N)c(C(=O)Nc3ccc(F)cc3)c3nc4ccccc4nc32)cc1. The number of fused-ring (bicyclic) bond motifs is 2. The molecule has 3 aromatic carbocycles. The third-order valence-electron chi connectivity index (χ3n) is 5.42. The third-order valence-corrected chi connectivity index (χ3v) is 5.42. The minimum absolute atomic E-state index is 0.223. The number of methoxy groups -OCH3 is 1. The number of halogens is 1. The van der Waals surface area contributed by atoms with Gasteiger partial charge in [0.05, 0.1) is 24.7 Å². The van der Waals surface area contributed by atoms with E-state index >= 15 is 0 Å². The second kappa shape index (κ2) is 8.23. The number of para-hydroxylation sites is 2. The molecule has 0 saturated heterocycles. The number of hydrogen-bond acceptors (Lipinski definition) is 5. The molecule has 0 aliphatic heterocycles. The molecule has 0 aliphatic rings. The first-order chi connectivity index (χ1) is 16.0. The molecule has 164 valence electrons. The van der Waals surface area contributed by atoms with Crippen LogP contribution in [0, 0.1) is 5.82 Å². The number of nitrogens with zero attached hydrogens (tertiary/aromatic N) is 3. The Hall–Kier alpha value is -4.46. The smallest absolute Gasteiger partial charge is 0.261 e. The molecule has 33 heavy (non-hydrogen) atoms. The van der Waals surface area contributed by atoms with Crippen LogP contribution in [0.2, 0.25) is 0 Å². The van der Waals surface area contributed by atoms with Crippen LogP contribution in [0.1, 0.15) is 15.9 Å². The molecule has 0 unspecified atom stereocenters. The highest BCUT2D eigenvalue weighted by Gasteiger charge is 2.24. The van der Waals surface area contributed by atoms with Crippen LogP contribution in [0.25, 0.3) is 22.2 Å². The van der Waals surface area contributed by atoms with Gasteiger partial charge in [0.15, 0.2) is 5.65 Å². The Bertz CT molecular complexity index is 1480. The Balaban J connectivity index is 1.64. The molecule has 2 heterocycles. The van der Waals surface area contributed by atoms with Crippen LogP contribution in [-0.4, -0.2) is 27.6 Å². The summed E-state index contributed by atoms with van der Waals surface area (Å²) in [7, 11) is 1.61. The van der Waals surface area contributed by atoms with E-state index in [1.807, 2.05) is 48.5 Å². The fraction of sp³-hybridized carbons (Fsp3) is 0.0800. The first kappa shape index (κ1) is 20.4. The Kier molecular flexibility index (Phi) is 5.10. The zero-order chi connectivity index (χ0) is 22.9. The molecular weight excluding hydrogens is 421 g/mol. The maximum atomic E-state index is 13.3. The summed E-state index contributed by atoms with van der Waals surface area (Å²) >= 11 is 0. The largest absolute Gasteiger partial charge is 0.497 e. The molecule has 0 radical (unpaired) electrons. The van der Waals surface area contributed by atoms with Gasteiger partial charge in [-0.3, -0.25) is 4.79 Å². The summed E-state index contributed by atoms with van der Waals surface area (Å²) in [4.78, 5) is 22.7. The molecule has 7 nitrogen and oxygen atoms in total. The summed E-state index contributed by atoms with van der Waals surface area (Å²) in [5, 5.41) is 2.78. The van der Waals surface area contributed by atoms with E-state index in [0.29, 0.717) is 34.4 Å². The van der Waals surface area contributed by atoms with Gasteiger partial charge in [-0.25, -0.2) is 14.4 Å². The lowest BCUT2D eigenvalue weighted by atomic mass is 10.2. The van der Waals surface area contributed by atoms with Crippen molar-refractivity contribution in [1.82, 2.24) is 14.5 Å². The van der Waals surface area contributed by atoms with Gasteiger partial charge in [0.1, 0.15) is 28.5 Å². The van der Waals surface area contributed by atoms with Crippen molar-refractivity contribution in [2.75, 3.05) is 18.2 Å². The number of nitrogens with two attached hydrogens (primary N) is 1. The Morgan fingerprint density at radius 3 is 2.33 bits per heavy atom. The highest BCUT2D eigenvalue weighted by atomic mass is 19.1. The minimum Gasteiger partial charge on any atom is -0.497 e. The lowest BCUT2D eigenvalue weighted by Crippen LogP contribution is -2.15. The molecule has 5 rings (SSSR count). The van der Waals surface area contributed by atoms with Gasteiger partial charge in [-0.2, -0.15) is 0 Å². The summed E-state index contributed by atoms with van der Waals surface area (Å²) < 4.78 is 20.3. The maximum absolute atomic E-state index is 13.3. The zero-order valence-corrected chi connectivity index (χ0v) is 17.7. The molecule has 2 aromatic heterocycles. The van der Waals surface area contributed by atoms with Gasteiger partial charge in [0.25, 0.3) is 5.91 Å². The average molecular weight is 441 g/mol. The van der Waals surface area contributed by atoms with Gasteiger partial charge >= 0.3 is 0 Å². The predicted octanol–water partition coefficient (Wildman–Crippen LogP) is 4.62. The lowest BCUT2D eigenvalue weighted by molar-refractivity contribution is 0.102. The monoisotopic (exact) mass is 441 g/mol. The average Bonchev–Trinajstić information content (AvgIpc) is 3.10. The van der Waals surface area contributed by atoms with E-state index in [9.17, 15) is 9.18 Å². The maximum Gasteiger partial charge on any atom is 0.261 e. The van der Waals surface area contributed by atoms with Crippen LogP contribution in [0.5, 0.6) is 5.75 Å². The van der Waals surface area contributed by atoms with Gasteiger partial charge in [-0.1, -0.05) is 24.3 Å². The number of rotatable bonds is 5. The van der Waals surface area contributed by atoms with E-state index in [4.69, 9.17) is 20.4 Å². The van der Waals surface area contributed by atoms with Crippen molar-refractivity contribution in [2.45, 2.75) is 6.54 Å². The highest BCUT2D eigenvalue weighted by molar-refractivity contribution is 6.16. The van der Waals surface area contributed by atoms with E-state index in [-0.39, 0.29) is 17.2 Å². The van der Waals surface area contributed by atoms with Crippen molar-refractivity contribution in [3.05, 3.63) is 89.7 Å². The summed E-state index contributed by atoms with van der Waals surface area (Å²) in [6.45, 7) is 0.392. The number of carbonyl (C=O) groups excluding carboxylic acids is 1. The summed E-state index contributed by atoms with van der Waals surface area (Å²) in [5.74, 6) is 0.160. The molecule has 0 spiro atoms. The molecule has 0 atom stereocenters. The third kappa shape index (κ3) is 3.82. The second-order valence-corrected chi connectivity index (χ2v) is 7.54. The molecule has 0 bridgehead atoms. The molecule has 5 aromatic rings. The molecule has 1 amide bonds. The molecule has 0 saturated carbocycles. The number of nitrogen functional groups attached to an aromatic ring is 1. The number of carbonyl (C=O) groups is 1. The van der Waals surface area contributed by atoms with Crippen LogP contribution in [0.4, 0.5) is 15.9 Å². The zero-order valence-electron chi connectivity index (χ0n) is 17.7. The highest BCUT2D eigenvalue weighted by Crippen LogP contribution is 2.30. The standard InChI is InChI=1S/C25H20FN5O2/c1-33-18-12-6-15(7-13-18)14-31-23(27)21(25(32)28-17-10-8-16(26)9-11-17)22-24(31)30-20-5-3-2-4-19(20)29-22/h2-13H,14,27H2,1H3,(H,28,32). The lowest BCUT2D eigenvalue weighted by Gasteiger charge is -2.09. The first-order valence-corrected chi connectivity index (χ1v) is 10.3. The molecular formula is C25H20FN5O2. The fourth-order valence-electron chi connectivity index (χ4n) is 3.74. The van der Waals surface area contributed by atoms with Gasteiger partial charge in [0.2, 0.25) is 0 Å². The van der Waals surface area contributed by atoms with Crippen molar-refractivity contribution < 1.29 is 13.9 Å². The molecule has 3 N–H and O–H groups in total. The van der Waals surface area contributed by atoms with E-state index in [1.165, 1.54) is 24.3 Å². The summed E-state index contributed by atoms with van der Waals surface area (Å²) in [6.07, 6.45) is 0. The molecule has 0 fully saturated rings. The van der Waals surface area contributed by atoms with Crippen LogP contribution >= 0.6 is 0 Å². The van der Waals surface area contributed by atoms with Crippen molar-refractivity contribution in [1.29, 1.82) is 0 Å². The van der Waals surface area contributed by atoms with Crippen molar-refractivity contribution >= 4 is 39.6 Å². The number of nitrogens with one attached hydrogen (secondary N) is 1. The topological polar surface area (TPSA) is 95.1 Å². The van der Waals surface area contributed by atoms with Gasteiger partial charge in [-0.15, -0.1) is 0 Å². The normalized spacial score (nSPS) is 11.1. The number of amides is 1. The van der Waals surface area contributed by atoms with E-state index in [1.54, 1.807) is 11.7 Å². The molecule has 0 aliphatic carbocycles. The number of aromatic nitrogens is 3. The van der Waals surface area contributed by atoms with Crippen LogP contribution < -0.4 is 15.8 Å². The van der Waals surface area contributed by atoms with Gasteiger partial charge in [0, 0.05) is 5.69 Å². The van der Waals surface area contributed by atoms with E-state index in [2.05, 4.69) is 5.32 Å². The molecule has 8 heteroatoms. The van der Waals surface area contributed by atoms with E-state index in [0.717, 1.165) is 11.3 Å². The number of anilines is 2. The summed E-state index contributed by atoms with van der Waals surface area (Å²) in [5.41, 5.74) is 10.4. The Labute approximate surface area is 188 Å². The van der Waals surface area contributed by atoms with Crippen molar-refractivity contribution in [3.63, 3.8) is 0 Å². The van der Waals surface area contributed by atoms with Crippen molar-refractivity contribution in [3.8, 4) is 5.75 Å². The first-order valence-electron chi connectivity index (χ1n) is 10.3. The second-order valence-electron chi connectivity index (χ2n) is 7.54. The quantitative estimate of drug-likeness (QED) is 0.415. The Morgan fingerprint density at radius 1 is 1.00 bits per heavy atom. The van der Waals surface area contributed by atoms with Crippen molar-refractivity contribution in [2.24, 2.45) is 0 Å². The van der Waals surface area contributed by atoms with Crippen LogP contribution in [-0.2, 0) is 6.54 Å². The van der Waals surface area contributed by atoms with Gasteiger partial charge in [-0.05, 0) is 54.1 Å². The fourth-order valence-corrected chi connectivity index (χ4v) is 3.74.